The molecule has 7 heteroatoms. The summed E-state index contributed by atoms with van der Waals surface area (Å²) < 4.78 is 13.6. The van der Waals surface area contributed by atoms with E-state index >= 15 is 0 Å². The summed E-state index contributed by atoms with van der Waals surface area (Å²) >= 11 is 6.00. The van der Waals surface area contributed by atoms with Crippen LogP contribution in [0.2, 0.25) is 5.02 Å². The van der Waals surface area contributed by atoms with Gasteiger partial charge in [0.1, 0.15) is 11.9 Å². The highest BCUT2D eigenvalue weighted by atomic mass is 35.5. The lowest BCUT2D eigenvalue weighted by Gasteiger charge is -2.14. The number of hydrogen-bond donors (Lipinski definition) is 3. The predicted octanol–water partition coefficient (Wildman–Crippen LogP) is 3.65. The molecular formula is C19H17ClFN3O2. The van der Waals surface area contributed by atoms with Crippen molar-refractivity contribution in [2.75, 3.05) is 5.32 Å². The summed E-state index contributed by atoms with van der Waals surface area (Å²) in [7, 11) is 0. The third-order valence-corrected chi connectivity index (χ3v) is 4.22. The molecule has 3 rings (SSSR count). The standard InChI is InChI=1S/C19H17ClFN3O2/c1-11(19(26)24-17-5-3-2-4-15(17)21)23-18(25)8-12-10-22-16-7-6-13(20)9-14(12)16/h2-7,9-11,22H,8H2,1H3,(H,23,25)(H,24,26). The number of anilines is 1. The highest BCUT2D eigenvalue weighted by molar-refractivity contribution is 6.31. The van der Waals surface area contributed by atoms with Gasteiger partial charge in [-0.05, 0) is 42.8 Å². The van der Waals surface area contributed by atoms with Crippen LogP contribution in [-0.4, -0.2) is 22.8 Å². The maximum Gasteiger partial charge on any atom is 0.246 e. The number of aromatic amines is 1. The molecule has 0 aliphatic heterocycles. The van der Waals surface area contributed by atoms with Gasteiger partial charge in [0.25, 0.3) is 0 Å². The molecule has 134 valence electrons. The Hall–Kier alpha value is -2.86. The second kappa shape index (κ2) is 7.58. The molecule has 0 aliphatic carbocycles. The predicted molar refractivity (Wildman–Crippen MR) is 99.6 cm³/mol. The largest absolute Gasteiger partial charge is 0.361 e. The molecule has 26 heavy (non-hydrogen) atoms. The SMILES string of the molecule is CC(NC(=O)Cc1c[nH]c2ccc(Cl)cc12)C(=O)Nc1ccccc1F. The monoisotopic (exact) mass is 373 g/mol. The number of hydrogen-bond acceptors (Lipinski definition) is 2. The number of aromatic nitrogens is 1. The van der Waals surface area contributed by atoms with Gasteiger partial charge in [-0.15, -0.1) is 0 Å². The van der Waals surface area contributed by atoms with Crippen LogP contribution in [-0.2, 0) is 16.0 Å². The van der Waals surface area contributed by atoms with Crippen molar-refractivity contribution in [1.29, 1.82) is 0 Å². The van der Waals surface area contributed by atoms with Crippen molar-refractivity contribution in [3.63, 3.8) is 0 Å². The molecule has 0 saturated heterocycles. The van der Waals surface area contributed by atoms with Gasteiger partial charge in [-0.1, -0.05) is 23.7 Å². The highest BCUT2D eigenvalue weighted by Gasteiger charge is 2.18. The number of benzene rings is 2. The zero-order chi connectivity index (χ0) is 18.7. The van der Waals surface area contributed by atoms with Crippen molar-refractivity contribution in [1.82, 2.24) is 10.3 Å². The molecule has 1 atom stereocenters. The van der Waals surface area contributed by atoms with Gasteiger partial charge >= 0.3 is 0 Å². The zero-order valence-corrected chi connectivity index (χ0v) is 14.7. The van der Waals surface area contributed by atoms with Crippen molar-refractivity contribution in [2.45, 2.75) is 19.4 Å². The van der Waals surface area contributed by atoms with Crippen molar-refractivity contribution in [2.24, 2.45) is 0 Å². The molecule has 0 fully saturated rings. The number of carbonyl (C=O) groups excluding carboxylic acids is 2. The van der Waals surface area contributed by atoms with E-state index in [9.17, 15) is 14.0 Å². The second-order valence-electron chi connectivity index (χ2n) is 5.94. The zero-order valence-electron chi connectivity index (χ0n) is 14.0. The molecule has 2 amide bonds. The van der Waals surface area contributed by atoms with Gasteiger partial charge in [0.15, 0.2) is 0 Å². The number of para-hydroxylation sites is 1. The Kier molecular flexibility index (Phi) is 5.23. The number of amides is 2. The first-order chi connectivity index (χ1) is 12.4. The topological polar surface area (TPSA) is 74.0 Å². The number of carbonyl (C=O) groups is 2. The van der Waals surface area contributed by atoms with E-state index < -0.39 is 17.8 Å². The Balaban J connectivity index is 1.62. The summed E-state index contributed by atoms with van der Waals surface area (Å²) in [5.41, 5.74) is 1.73. The maximum absolute atomic E-state index is 13.6. The first-order valence-corrected chi connectivity index (χ1v) is 8.42. The quantitative estimate of drug-likeness (QED) is 0.638. The van der Waals surface area contributed by atoms with Gasteiger partial charge in [-0.2, -0.15) is 0 Å². The van der Waals surface area contributed by atoms with Gasteiger partial charge in [-0.25, -0.2) is 4.39 Å². The van der Waals surface area contributed by atoms with Crippen LogP contribution in [0.4, 0.5) is 10.1 Å². The maximum atomic E-state index is 13.6. The first-order valence-electron chi connectivity index (χ1n) is 8.04. The smallest absolute Gasteiger partial charge is 0.246 e. The van der Waals surface area contributed by atoms with E-state index in [0.29, 0.717) is 5.02 Å². The van der Waals surface area contributed by atoms with E-state index in [0.717, 1.165) is 16.5 Å². The van der Waals surface area contributed by atoms with E-state index in [1.807, 2.05) is 6.07 Å². The van der Waals surface area contributed by atoms with Gasteiger partial charge in [0.05, 0.1) is 12.1 Å². The van der Waals surface area contributed by atoms with Gasteiger partial charge in [0, 0.05) is 22.1 Å². The fourth-order valence-electron chi connectivity index (χ4n) is 2.63. The molecule has 2 aromatic carbocycles. The lowest BCUT2D eigenvalue weighted by atomic mass is 10.1. The molecule has 0 saturated carbocycles. The summed E-state index contributed by atoms with van der Waals surface area (Å²) in [5.74, 6) is -1.34. The molecule has 0 spiro atoms. The van der Waals surface area contributed by atoms with Crippen molar-refractivity contribution < 1.29 is 14.0 Å². The molecule has 5 nitrogen and oxygen atoms in total. The normalized spacial score (nSPS) is 12.0. The second-order valence-corrected chi connectivity index (χ2v) is 6.38. The number of nitrogens with one attached hydrogen (secondary N) is 3. The molecule has 3 N–H and O–H groups in total. The average molecular weight is 374 g/mol. The summed E-state index contributed by atoms with van der Waals surface area (Å²) in [6, 6.07) is 10.4. The van der Waals surface area contributed by atoms with E-state index in [2.05, 4.69) is 15.6 Å². The molecular weight excluding hydrogens is 357 g/mol. The van der Waals surface area contributed by atoms with E-state index in [4.69, 9.17) is 11.6 Å². The van der Waals surface area contributed by atoms with Gasteiger partial charge in [0.2, 0.25) is 11.8 Å². The third kappa shape index (κ3) is 4.03. The summed E-state index contributed by atoms with van der Waals surface area (Å²) in [5, 5.41) is 6.51. The Morgan fingerprint density at radius 2 is 2.00 bits per heavy atom. The fourth-order valence-corrected chi connectivity index (χ4v) is 2.80. The first kappa shape index (κ1) is 17.9. The Morgan fingerprint density at radius 3 is 2.77 bits per heavy atom. The molecule has 0 radical (unpaired) electrons. The van der Waals surface area contributed by atoms with Gasteiger partial charge < -0.3 is 15.6 Å². The van der Waals surface area contributed by atoms with E-state index in [-0.39, 0.29) is 18.0 Å². The van der Waals surface area contributed by atoms with Crippen LogP contribution in [0.15, 0.2) is 48.7 Å². The van der Waals surface area contributed by atoms with Crippen LogP contribution < -0.4 is 10.6 Å². The lowest BCUT2D eigenvalue weighted by Crippen LogP contribution is -2.42. The third-order valence-electron chi connectivity index (χ3n) is 3.98. The molecule has 1 aromatic heterocycles. The Morgan fingerprint density at radius 1 is 1.23 bits per heavy atom. The summed E-state index contributed by atoms with van der Waals surface area (Å²) in [4.78, 5) is 27.5. The number of rotatable bonds is 5. The molecule has 1 unspecified atom stereocenters. The number of fused-ring (bicyclic) bond motifs is 1. The minimum Gasteiger partial charge on any atom is -0.361 e. The van der Waals surface area contributed by atoms with Crippen LogP contribution in [0.1, 0.15) is 12.5 Å². The molecule has 0 aliphatic rings. The Labute approximate surface area is 154 Å². The molecule has 0 bridgehead atoms. The fraction of sp³-hybridized carbons (Fsp3) is 0.158. The highest BCUT2D eigenvalue weighted by Crippen LogP contribution is 2.22. The minimum absolute atomic E-state index is 0.0740. The van der Waals surface area contributed by atoms with Crippen LogP contribution in [0, 0.1) is 5.82 Å². The van der Waals surface area contributed by atoms with Crippen molar-refractivity contribution in [3.05, 3.63) is 65.1 Å². The minimum atomic E-state index is -0.809. The van der Waals surface area contributed by atoms with Crippen LogP contribution in [0.5, 0.6) is 0 Å². The van der Waals surface area contributed by atoms with Crippen molar-refractivity contribution >= 4 is 40.0 Å². The van der Waals surface area contributed by atoms with Crippen LogP contribution >= 0.6 is 11.6 Å². The van der Waals surface area contributed by atoms with E-state index in [1.165, 1.54) is 18.2 Å². The molecule has 3 aromatic rings. The molecule has 1 heterocycles. The summed E-state index contributed by atoms with van der Waals surface area (Å²) in [6.07, 6.45) is 1.84. The van der Waals surface area contributed by atoms with Crippen LogP contribution in [0.25, 0.3) is 10.9 Å². The number of H-pyrrole nitrogens is 1. The number of halogens is 2. The average Bonchev–Trinajstić information content (AvgIpc) is 2.98. The van der Waals surface area contributed by atoms with Crippen molar-refractivity contribution in [3.8, 4) is 0 Å². The van der Waals surface area contributed by atoms with E-state index in [1.54, 1.807) is 31.3 Å². The summed E-state index contributed by atoms with van der Waals surface area (Å²) in [6.45, 7) is 1.54. The lowest BCUT2D eigenvalue weighted by molar-refractivity contribution is -0.125. The van der Waals surface area contributed by atoms with Gasteiger partial charge in [-0.3, -0.25) is 9.59 Å². The van der Waals surface area contributed by atoms with Crippen LogP contribution in [0.3, 0.4) is 0 Å². The Bertz CT molecular complexity index is 970.